The first kappa shape index (κ1) is 8.37. The third-order valence-corrected chi connectivity index (χ3v) is 1.99. The van der Waals surface area contributed by atoms with E-state index in [1.54, 1.807) is 0 Å². The highest BCUT2D eigenvalue weighted by molar-refractivity contribution is 6.46. The number of carbonyl (C=O) groups is 1. The first-order chi connectivity index (χ1) is 5.06. The molecule has 1 amide bonds. The monoisotopic (exact) mass is 150 g/mol. The van der Waals surface area contributed by atoms with E-state index < -0.39 is 0 Å². The molecule has 1 N–H and O–H groups in total. The van der Waals surface area contributed by atoms with Crippen molar-refractivity contribution in [2.45, 2.75) is 31.5 Å². The lowest BCUT2D eigenvalue weighted by Crippen LogP contribution is -2.58. The molecule has 1 rings (SSSR count). The topological polar surface area (TPSA) is 29.1 Å². The normalized spacial score (nSPS) is 34.9. The van der Waals surface area contributed by atoms with Crippen molar-refractivity contribution in [3.63, 3.8) is 0 Å². The zero-order valence-corrected chi connectivity index (χ0v) is 7.05. The van der Waals surface area contributed by atoms with Crippen LogP contribution in [0.5, 0.6) is 0 Å². The molecule has 0 spiro atoms. The molecule has 59 valence electrons. The maximum absolute atomic E-state index is 10.9. The van der Waals surface area contributed by atoms with Gasteiger partial charge < -0.3 is 5.32 Å². The fourth-order valence-electron chi connectivity index (χ4n) is 1.69. The number of rotatable bonds is 2. The Morgan fingerprint density at radius 1 is 1.91 bits per heavy atom. The van der Waals surface area contributed by atoms with Crippen molar-refractivity contribution in [2.75, 3.05) is 0 Å². The summed E-state index contributed by atoms with van der Waals surface area (Å²) in [6.07, 6.45) is 2.34. The molecule has 1 heterocycles. The van der Waals surface area contributed by atoms with Crippen LogP contribution in [0, 0.1) is 0 Å². The summed E-state index contributed by atoms with van der Waals surface area (Å²) in [6, 6.07) is 0. The van der Waals surface area contributed by atoms with Gasteiger partial charge in [-0.2, -0.15) is 0 Å². The lowest BCUT2D eigenvalue weighted by Gasteiger charge is -2.43. The summed E-state index contributed by atoms with van der Waals surface area (Å²) in [7, 11) is 2.15. The number of hydrogen-bond acceptors (Lipinski definition) is 1. The Hall–Kier alpha value is -0.725. The van der Waals surface area contributed by atoms with E-state index >= 15 is 0 Å². The highest BCUT2D eigenvalue weighted by atomic mass is 16.1. The summed E-state index contributed by atoms with van der Waals surface area (Å²) < 4.78 is 0. The van der Waals surface area contributed by atoms with Gasteiger partial charge in [-0.15, -0.1) is 0 Å². The predicted molar refractivity (Wildman–Crippen MR) is 46.5 cm³/mol. The maximum atomic E-state index is 10.9. The Kier molecular flexibility index (Phi) is 2.07. The molecule has 2 nitrogen and oxygen atoms in total. The fourth-order valence-corrected chi connectivity index (χ4v) is 1.69. The van der Waals surface area contributed by atoms with Crippen LogP contribution in [0.1, 0.15) is 20.3 Å². The molecule has 0 aromatic carbocycles. The van der Waals surface area contributed by atoms with E-state index in [1.807, 2.05) is 6.92 Å². The van der Waals surface area contributed by atoms with Gasteiger partial charge in [0, 0.05) is 5.44 Å². The molecule has 3 heteroatoms. The Morgan fingerprint density at radius 2 is 2.45 bits per heavy atom. The Morgan fingerprint density at radius 3 is 2.82 bits per heavy atom. The van der Waals surface area contributed by atoms with E-state index in [2.05, 4.69) is 26.1 Å². The Balaban J connectivity index is 2.37. The van der Waals surface area contributed by atoms with Crippen molar-refractivity contribution in [3.8, 4) is 0 Å². The minimum atomic E-state index is -0.0874. The molecule has 0 bridgehead atoms. The Bertz CT molecular complexity index is 185. The second-order valence-electron chi connectivity index (χ2n) is 3.46. The molecular weight excluding hydrogens is 137 g/mol. The summed E-state index contributed by atoms with van der Waals surface area (Å²) in [4.78, 5) is 10.9. The van der Waals surface area contributed by atoms with Crippen LogP contribution in [0.4, 0.5) is 0 Å². The van der Waals surface area contributed by atoms with E-state index in [1.165, 1.54) is 6.08 Å². The van der Waals surface area contributed by atoms with E-state index in [-0.39, 0.29) is 11.3 Å². The van der Waals surface area contributed by atoms with Gasteiger partial charge in [-0.3, -0.25) is 4.79 Å². The molecule has 11 heavy (non-hydrogen) atoms. The van der Waals surface area contributed by atoms with E-state index in [4.69, 9.17) is 0 Å². The zero-order valence-electron chi connectivity index (χ0n) is 7.05. The first-order valence-electron chi connectivity index (χ1n) is 3.86. The third kappa shape index (κ3) is 1.85. The zero-order chi connectivity index (χ0) is 8.48. The maximum Gasteiger partial charge on any atom is 0.243 e. The van der Waals surface area contributed by atoms with Gasteiger partial charge in [0.15, 0.2) is 0 Å². The van der Waals surface area contributed by atoms with Crippen LogP contribution >= 0.6 is 0 Å². The van der Waals surface area contributed by atoms with Crippen LogP contribution in [0.25, 0.3) is 0 Å². The van der Waals surface area contributed by atoms with Gasteiger partial charge in [-0.25, -0.2) is 0 Å². The van der Waals surface area contributed by atoms with Gasteiger partial charge in [0.05, 0.1) is 0 Å². The van der Waals surface area contributed by atoms with Crippen molar-refractivity contribution < 1.29 is 4.79 Å². The van der Waals surface area contributed by atoms with E-state index in [0.29, 0.717) is 5.82 Å². The molecule has 2 unspecified atom stereocenters. The van der Waals surface area contributed by atoms with Gasteiger partial charge in [0.2, 0.25) is 5.91 Å². The quantitative estimate of drug-likeness (QED) is 0.460. The van der Waals surface area contributed by atoms with E-state index in [9.17, 15) is 4.79 Å². The van der Waals surface area contributed by atoms with Gasteiger partial charge >= 0.3 is 0 Å². The average molecular weight is 150 g/mol. The third-order valence-electron chi connectivity index (χ3n) is 1.99. The highest BCUT2D eigenvalue weighted by Crippen LogP contribution is 2.33. The van der Waals surface area contributed by atoms with Crippen LogP contribution in [-0.2, 0) is 4.79 Å². The molecule has 0 saturated carbocycles. The largest absolute Gasteiger partial charge is 0.355 e. The first-order valence-corrected chi connectivity index (χ1v) is 3.86. The van der Waals surface area contributed by atoms with Crippen molar-refractivity contribution in [3.05, 3.63) is 12.7 Å². The van der Waals surface area contributed by atoms with Crippen LogP contribution < -0.4 is 5.32 Å². The number of hydrogen-bond donors (Lipinski definition) is 1. The van der Waals surface area contributed by atoms with Crippen LogP contribution in [0.3, 0.4) is 0 Å². The van der Waals surface area contributed by atoms with Gasteiger partial charge in [0.25, 0.3) is 0 Å². The van der Waals surface area contributed by atoms with Crippen LogP contribution in [0.15, 0.2) is 12.7 Å². The molecule has 1 fully saturated rings. The number of amides is 1. The van der Waals surface area contributed by atoms with Crippen LogP contribution in [-0.4, -0.2) is 18.6 Å². The van der Waals surface area contributed by atoms with Crippen molar-refractivity contribution in [1.82, 2.24) is 5.32 Å². The summed E-state index contributed by atoms with van der Waals surface area (Å²) in [6.45, 7) is 7.56. The molecule has 1 saturated heterocycles. The van der Waals surface area contributed by atoms with Crippen molar-refractivity contribution >= 4 is 13.2 Å². The molecule has 0 aliphatic carbocycles. The molecule has 0 aromatic rings. The average Bonchev–Trinajstić information content (AvgIpc) is 1.84. The second kappa shape index (κ2) is 2.72. The summed E-state index contributed by atoms with van der Waals surface area (Å²) in [5, 5.41) is 2.86. The molecule has 0 aromatic heterocycles. The van der Waals surface area contributed by atoms with Gasteiger partial charge in [-0.1, -0.05) is 19.3 Å². The summed E-state index contributed by atoms with van der Waals surface area (Å²) in [5.74, 6) is 0.542. The molecule has 1 aliphatic rings. The lowest BCUT2D eigenvalue weighted by atomic mass is 9.37. The lowest BCUT2D eigenvalue weighted by molar-refractivity contribution is -0.117. The number of nitrogens with one attached hydrogen (secondary N) is 1. The second-order valence-corrected chi connectivity index (χ2v) is 3.46. The SMILES string of the molecule is C=CC(=O)NC1(C)[B]C(C)C1. The standard InChI is InChI=1S/C8H13BNO/c1-4-7(11)10-8(3)5-6(2)9-8/h4,6H,1,5H2,2-3H3,(H,10,11). The smallest absolute Gasteiger partial charge is 0.243 e. The minimum absolute atomic E-state index is 0.0787. The van der Waals surface area contributed by atoms with Crippen LogP contribution in [0.2, 0.25) is 5.82 Å². The van der Waals surface area contributed by atoms with Crippen molar-refractivity contribution in [1.29, 1.82) is 0 Å². The fraction of sp³-hybridized carbons (Fsp3) is 0.625. The van der Waals surface area contributed by atoms with Gasteiger partial charge in [0.1, 0.15) is 7.28 Å². The number of carbonyl (C=O) groups excluding carboxylic acids is 1. The molecule has 1 radical (unpaired) electrons. The molecule has 1 aliphatic heterocycles. The molecular formula is C8H13BNO. The summed E-state index contributed by atoms with van der Waals surface area (Å²) >= 11 is 0. The van der Waals surface area contributed by atoms with E-state index in [0.717, 1.165) is 6.42 Å². The van der Waals surface area contributed by atoms with Crippen molar-refractivity contribution in [2.24, 2.45) is 0 Å². The molecule has 2 atom stereocenters. The minimum Gasteiger partial charge on any atom is -0.355 e. The summed E-state index contributed by atoms with van der Waals surface area (Å²) in [5.41, 5.74) is -0.0787. The highest BCUT2D eigenvalue weighted by Gasteiger charge is 2.39. The predicted octanol–water partition coefficient (Wildman–Crippen LogP) is 0.921. The Labute approximate surface area is 68.3 Å². The van der Waals surface area contributed by atoms with Gasteiger partial charge in [-0.05, 0) is 19.4 Å².